The molecule has 12 heteroatoms. The van der Waals surface area contributed by atoms with E-state index >= 15 is 0 Å². The predicted octanol–water partition coefficient (Wildman–Crippen LogP) is 2.45. The van der Waals surface area contributed by atoms with Crippen LogP contribution in [0.5, 0.6) is 0 Å². The van der Waals surface area contributed by atoms with Gasteiger partial charge in [0.2, 0.25) is 0 Å². The Hall–Kier alpha value is -2.99. The van der Waals surface area contributed by atoms with Crippen molar-refractivity contribution in [1.82, 2.24) is 25.0 Å². The average molecular weight is 483 g/mol. The van der Waals surface area contributed by atoms with Gasteiger partial charge < -0.3 is 20.4 Å². The Bertz CT molecular complexity index is 1000. The summed E-state index contributed by atoms with van der Waals surface area (Å²) in [5.41, 5.74) is 4.21. The van der Waals surface area contributed by atoms with Crippen molar-refractivity contribution >= 4 is 11.9 Å². The number of nitrogens with one attached hydrogen (secondary N) is 1. The molecule has 34 heavy (non-hydrogen) atoms. The number of aliphatic carboxylic acids is 1. The van der Waals surface area contributed by atoms with E-state index in [1.54, 1.807) is 10.9 Å². The van der Waals surface area contributed by atoms with Crippen molar-refractivity contribution in [3.63, 3.8) is 0 Å². The van der Waals surface area contributed by atoms with Crippen molar-refractivity contribution in [2.45, 2.75) is 44.8 Å². The smallest absolute Gasteiger partial charge is 0.477 e. The number of aromatic nitrogens is 3. The Morgan fingerprint density at radius 1 is 1.09 bits per heavy atom. The fourth-order valence-electron chi connectivity index (χ4n) is 4.19. The summed E-state index contributed by atoms with van der Waals surface area (Å²) in [4.78, 5) is 27.4. The Morgan fingerprint density at radius 3 is 2.44 bits per heavy atom. The number of alkyl halides is 3. The van der Waals surface area contributed by atoms with Crippen molar-refractivity contribution in [1.29, 1.82) is 0 Å². The largest absolute Gasteiger partial charge is 0.490 e. The van der Waals surface area contributed by atoms with Crippen LogP contribution in [0.1, 0.15) is 40.9 Å². The van der Waals surface area contributed by atoms with Crippen molar-refractivity contribution in [2.24, 2.45) is 0 Å². The van der Waals surface area contributed by atoms with Crippen molar-refractivity contribution < 1.29 is 33.0 Å². The molecule has 0 unspecified atom stereocenters. The third kappa shape index (κ3) is 6.54. The van der Waals surface area contributed by atoms with Crippen LogP contribution in [0, 0.1) is 0 Å². The lowest BCUT2D eigenvalue weighted by atomic mass is 9.90. The van der Waals surface area contributed by atoms with Crippen LogP contribution >= 0.6 is 0 Å². The lowest BCUT2D eigenvalue weighted by Crippen LogP contribution is -2.30. The van der Waals surface area contributed by atoms with Crippen LogP contribution in [0.25, 0.3) is 11.3 Å². The summed E-state index contributed by atoms with van der Waals surface area (Å²) in [5, 5.41) is 25.0. The summed E-state index contributed by atoms with van der Waals surface area (Å²) in [6.07, 6.45) is 3.57. The van der Waals surface area contributed by atoms with Gasteiger partial charge in [-0.2, -0.15) is 18.3 Å². The molecule has 1 aliphatic carbocycles. The van der Waals surface area contributed by atoms with Gasteiger partial charge in [-0.05, 0) is 63.4 Å². The van der Waals surface area contributed by atoms with E-state index in [9.17, 15) is 23.1 Å². The van der Waals surface area contributed by atoms with E-state index in [2.05, 4.69) is 20.3 Å². The number of likely N-dealkylation sites (tertiary alicyclic amines) is 1. The van der Waals surface area contributed by atoms with Crippen LogP contribution in [0.15, 0.2) is 18.5 Å². The monoisotopic (exact) mass is 483 g/mol. The fourth-order valence-corrected chi connectivity index (χ4v) is 4.19. The fraction of sp³-hybridized carbons (Fsp3) is 0.545. The number of hydrogen-bond acceptors (Lipinski definition) is 6. The van der Waals surface area contributed by atoms with Crippen LogP contribution in [0.2, 0.25) is 0 Å². The molecule has 2 aliphatic rings. The highest BCUT2D eigenvalue weighted by atomic mass is 19.4. The predicted molar refractivity (Wildman–Crippen MR) is 117 cm³/mol. The SMILES string of the molecule is O=C(O)C(F)(F)F.O=C(O)c1c2c(nn1CCCNCCN1CCCC1)-c1ccncc1CC2. The minimum Gasteiger partial charge on any atom is -0.477 e. The molecular weight excluding hydrogens is 455 g/mol. The average Bonchev–Trinajstić information content (AvgIpc) is 3.43. The molecule has 2 aromatic heterocycles. The number of nitrogens with zero attached hydrogens (tertiary/aromatic N) is 4. The number of carboxylic acid groups (broad SMARTS) is 2. The van der Waals surface area contributed by atoms with E-state index in [-0.39, 0.29) is 0 Å². The highest BCUT2D eigenvalue weighted by Crippen LogP contribution is 2.34. The van der Waals surface area contributed by atoms with Crippen LogP contribution in [0.4, 0.5) is 13.2 Å². The molecule has 1 saturated heterocycles. The molecule has 2 aromatic rings. The van der Waals surface area contributed by atoms with Gasteiger partial charge in [-0.3, -0.25) is 9.67 Å². The maximum atomic E-state index is 11.9. The standard InChI is InChI=1S/C20H27N5O2.C2HF3O2/c26-20(27)19-17-5-4-15-14-22-8-6-16(15)18(17)23-25(19)12-3-7-21-9-13-24-10-1-2-11-24;3-2(4,5)1(6)7/h6,8,14,21H,1-5,7,9-13H2,(H,26,27);(H,6,7). The molecule has 0 spiro atoms. The first-order valence-electron chi connectivity index (χ1n) is 11.2. The van der Waals surface area contributed by atoms with Gasteiger partial charge >= 0.3 is 18.1 Å². The van der Waals surface area contributed by atoms with Crippen LogP contribution in [-0.2, 0) is 24.2 Å². The second-order valence-electron chi connectivity index (χ2n) is 8.19. The molecule has 0 saturated carbocycles. The third-order valence-corrected chi connectivity index (χ3v) is 5.83. The second-order valence-corrected chi connectivity index (χ2v) is 8.19. The van der Waals surface area contributed by atoms with Crippen molar-refractivity contribution in [3.8, 4) is 11.3 Å². The lowest BCUT2D eigenvalue weighted by Gasteiger charge is -2.14. The van der Waals surface area contributed by atoms with E-state index in [1.165, 1.54) is 25.9 Å². The van der Waals surface area contributed by atoms with Gasteiger partial charge in [-0.1, -0.05) is 0 Å². The van der Waals surface area contributed by atoms with E-state index < -0.39 is 18.1 Å². The van der Waals surface area contributed by atoms with Gasteiger partial charge in [0.25, 0.3) is 0 Å². The first kappa shape index (κ1) is 25.6. The minimum absolute atomic E-state index is 0.351. The van der Waals surface area contributed by atoms with Gasteiger partial charge in [0.1, 0.15) is 5.69 Å². The summed E-state index contributed by atoms with van der Waals surface area (Å²) in [6, 6.07) is 1.94. The second kappa shape index (κ2) is 11.4. The number of pyridine rings is 1. The number of fused-ring (bicyclic) bond motifs is 3. The molecule has 1 fully saturated rings. The number of hydrogen-bond donors (Lipinski definition) is 3. The molecule has 1 aliphatic heterocycles. The number of aryl methyl sites for hydroxylation is 2. The van der Waals surface area contributed by atoms with Crippen LogP contribution < -0.4 is 5.32 Å². The minimum atomic E-state index is -5.08. The number of carbonyl (C=O) groups is 2. The number of halogens is 3. The third-order valence-electron chi connectivity index (χ3n) is 5.83. The van der Waals surface area contributed by atoms with E-state index in [0.29, 0.717) is 18.7 Å². The summed E-state index contributed by atoms with van der Waals surface area (Å²) in [5.74, 6) is -3.64. The molecule has 0 radical (unpaired) electrons. The molecule has 0 atom stereocenters. The normalized spacial score (nSPS) is 15.3. The summed E-state index contributed by atoms with van der Waals surface area (Å²) in [7, 11) is 0. The highest BCUT2D eigenvalue weighted by Gasteiger charge is 2.38. The maximum Gasteiger partial charge on any atom is 0.490 e. The Kier molecular flexibility index (Phi) is 8.61. The zero-order chi connectivity index (χ0) is 24.7. The zero-order valence-corrected chi connectivity index (χ0v) is 18.6. The van der Waals surface area contributed by atoms with Gasteiger partial charge in [0.05, 0.1) is 5.69 Å². The van der Waals surface area contributed by atoms with E-state index in [4.69, 9.17) is 9.90 Å². The number of aromatic carboxylic acids is 1. The van der Waals surface area contributed by atoms with Crippen LogP contribution in [-0.4, -0.2) is 80.7 Å². The van der Waals surface area contributed by atoms with Crippen molar-refractivity contribution in [2.75, 3.05) is 32.7 Å². The molecule has 0 bridgehead atoms. The number of rotatable bonds is 8. The Morgan fingerprint density at radius 2 is 1.79 bits per heavy atom. The number of carboxylic acids is 2. The molecule has 0 aromatic carbocycles. The topological polar surface area (TPSA) is 121 Å². The first-order valence-corrected chi connectivity index (χ1v) is 11.2. The molecule has 3 N–H and O–H groups in total. The van der Waals surface area contributed by atoms with Gasteiger partial charge in [0.15, 0.2) is 0 Å². The summed E-state index contributed by atoms with van der Waals surface area (Å²) >= 11 is 0. The Labute approximate surface area is 194 Å². The van der Waals surface area contributed by atoms with E-state index in [1.807, 2.05) is 12.3 Å². The molecule has 186 valence electrons. The summed E-state index contributed by atoms with van der Waals surface area (Å²) < 4.78 is 33.4. The van der Waals surface area contributed by atoms with E-state index in [0.717, 1.165) is 54.9 Å². The Balaban J connectivity index is 0.000000406. The highest BCUT2D eigenvalue weighted by molar-refractivity contribution is 5.90. The zero-order valence-electron chi connectivity index (χ0n) is 18.6. The quantitative estimate of drug-likeness (QED) is 0.490. The first-order chi connectivity index (χ1) is 16.2. The van der Waals surface area contributed by atoms with Crippen molar-refractivity contribution in [3.05, 3.63) is 35.3 Å². The molecule has 9 nitrogen and oxygen atoms in total. The molecule has 4 rings (SSSR count). The molecule has 3 heterocycles. The van der Waals surface area contributed by atoms with Crippen LogP contribution in [0.3, 0.4) is 0 Å². The summed E-state index contributed by atoms with van der Waals surface area (Å²) in [6.45, 7) is 6.02. The maximum absolute atomic E-state index is 11.9. The molecule has 0 amide bonds. The van der Waals surface area contributed by atoms with Gasteiger partial charge in [-0.15, -0.1) is 0 Å². The molecular formula is C22H28F3N5O4. The lowest BCUT2D eigenvalue weighted by molar-refractivity contribution is -0.192. The van der Waals surface area contributed by atoms with Gasteiger partial charge in [-0.25, -0.2) is 9.59 Å². The van der Waals surface area contributed by atoms with Gasteiger partial charge in [0, 0.05) is 43.2 Å².